The lowest BCUT2D eigenvalue weighted by atomic mass is 10.0. The van der Waals surface area contributed by atoms with E-state index in [0.29, 0.717) is 19.3 Å². The van der Waals surface area contributed by atoms with Gasteiger partial charge in [-0.1, -0.05) is 201 Å². The second-order valence-electron chi connectivity index (χ2n) is 16.9. The number of ether oxygens (including phenoxy) is 3. The molecule has 0 bridgehead atoms. The highest BCUT2D eigenvalue weighted by molar-refractivity contribution is 7.47. The Morgan fingerprint density at radius 2 is 0.824 bits per heavy atom. The molecule has 0 aliphatic heterocycles. The molecular formula is C56H93O11P. The normalized spacial score (nSPS) is 14.2. The van der Waals surface area contributed by atoms with Crippen LogP contribution in [0.2, 0.25) is 0 Å². The fourth-order valence-corrected chi connectivity index (χ4v) is 7.41. The molecule has 388 valence electrons. The predicted molar refractivity (Wildman–Crippen MR) is 279 cm³/mol. The summed E-state index contributed by atoms with van der Waals surface area (Å²) in [6, 6.07) is 0. The predicted octanol–water partition coefficient (Wildman–Crippen LogP) is 14.9. The summed E-state index contributed by atoms with van der Waals surface area (Å²) in [6.45, 7) is 4.24. The first-order valence-corrected chi connectivity index (χ1v) is 27.6. The van der Waals surface area contributed by atoms with E-state index in [1.165, 1.54) is 57.8 Å². The number of carbonyl (C=O) groups excluding carboxylic acids is 3. The molecule has 0 spiro atoms. The number of hydrogen-bond acceptors (Lipinski definition) is 10. The van der Waals surface area contributed by atoms with E-state index in [1.54, 1.807) is 6.08 Å². The van der Waals surface area contributed by atoms with Crippen molar-refractivity contribution in [3.8, 4) is 0 Å². The zero-order valence-electron chi connectivity index (χ0n) is 42.5. The number of esters is 3. The van der Waals surface area contributed by atoms with Crippen molar-refractivity contribution in [3.05, 3.63) is 97.2 Å². The van der Waals surface area contributed by atoms with Crippen LogP contribution < -0.4 is 0 Å². The fourth-order valence-electron chi connectivity index (χ4n) is 6.62. The summed E-state index contributed by atoms with van der Waals surface area (Å²) >= 11 is 0. The van der Waals surface area contributed by atoms with Gasteiger partial charge in [0.1, 0.15) is 12.7 Å². The van der Waals surface area contributed by atoms with Crippen molar-refractivity contribution in [2.24, 2.45) is 0 Å². The van der Waals surface area contributed by atoms with Gasteiger partial charge in [-0.05, 0) is 77.0 Å². The Kier molecular flexibility index (Phi) is 47.2. The molecule has 0 aromatic heterocycles. The second-order valence-corrected chi connectivity index (χ2v) is 18.4. The zero-order valence-corrected chi connectivity index (χ0v) is 43.4. The quantitative estimate of drug-likeness (QED) is 0.0197. The van der Waals surface area contributed by atoms with E-state index in [9.17, 15) is 28.9 Å². The molecule has 0 rings (SSSR count). The molecule has 68 heavy (non-hydrogen) atoms. The molecule has 3 unspecified atom stereocenters. The van der Waals surface area contributed by atoms with Crippen LogP contribution in [0.25, 0.3) is 0 Å². The van der Waals surface area contributed by atoms with Gasteiger partial charge in [0.15, 0.2) is 6.10 Å². The van der Waals surface area contributed by atoms with Gasteiger partial charge in [0.2, 0.25) is 0 Å². The van der Waals surface area contributed by atoms with Crippen LogP contribution in [0.1, 0.15) is 201 Å². The van der Waals surface area contributed by atoms with Crippen LogP contribution in [0.5, 0.6) is 0 Å². The van der Waals surface area contributed by atoms with Crippen molar-refractivity contribution in [2.75, 3.05) is 26.4 Å². The standard InChI is InChI=1S/C56H93O11P/c1-4-7-10-13-16-19-22-25-26-29-32-35-38-41-44-47-56(60)67-53(49-63-54(58)45-42-39-36-33-30-27-23-20-17-14-11-8-5-2)51-65-68(61,62)64-50-52(48-57)66-55(59)46-43-40-37-34-31-28-24-21-18-15-12-9-6-3/h7,9-10,12,16,18-19,21,25-26,28,31-32,35,41,44,52-53,57H,4-6,8,11,13-15,17,20,22-24,27,29-30,33-34,36-40,42-43,45-51H2,1-3H3,(H,61,62)/b10-7-,12-9-,19-16-,21-18-,26-25-,31-28-,35-32-,44-41-. The van der Waals surface area contributed by atoms with E-state index in [4.69, 9.17) is 23.3 Å². The summed E-state index contributed by atoms with van der Waals surface area (Å²) in [6.07, 6.45) is 57.0. The fraction of sp³-hybridized carbons (Fsp3) is 0.661. The maximum absolute atomic E-state index is 12.8. The number of allylic oxidation sites excluding steroid dienone is 15. The molecule has 3 atom stereocenters. The van der Waals surface area contributed by atoms with Crippen molar-refractivity contribution >= 4 is 25.7 Å². The monoisotopic (exact) mass is 973 g/mol. The molecule has 0 aliphatic carbocycles. The van der Waals surface area contributed by atoms with E-state index >= 15 is 0 Å². The lowest BCUT2D eigenvalue weighted by molar-refractivity contribution is -0.160. The van der Waals surface area contributed by atoms with Gasteiger partial charge in [-0.3, -0.25) is 23.4 Å². The molecule has 0 heterocycles. The lowest BCUT2D eigenvalue weighted by Crippen LogP contribution is -2.30. The Hall–Kier alpha value is -3.60. The maximum Gasteiger partial charge on any atom is 0.472 e. The number of aliphatic hydroxyl groups is 1. The number of phosphoric ester groups is 1. The van der Waals surface area contributed by atoms with Gasteiger partial charge >= 0.3 is 25.7 Å². The summed E-state index contributed by atoms with van der Waals surface area (Å²) < 4.78 is 39.2. The second kappa shape index (κ2) is 49.8. The minimum absolute atomic E-state index is 0.0692. The van der Waals surface area contributed by atoms with Crippen molar-refractivity contribution in [2.45, 2.75) is 213 Å². The number of unbranched alkanes of at least 4 members (excludes halogenated alkanes) is 15. The van der Waals surface area contributed by atoms with Gasteiger partial charge in [0.25, 0.3) is 0 Å². The molecule has 0 aromatic carbocycles. The third kappa shape index (κ3) is 47.5. The Morgan fingerprint density at radius 1 is 0.441 bits per heavy atom. The molecule has 0 fully saturated rings. The van der Waals surface area contributed by atoms with E-state index in [0.717, 1.165) is 83.5 Å². The molecule has 0 aromatic rings. The van der Waals surface area contributed by atoms with Crippen molar-refractivity contribution < 1.29 is 52.2 Å². The van der Waals surface area contributed by atoms with Gasteiger partial charge in [-0.25, -0.2) is 4.57 Å². The Balaban J connectivity index is 4.89. The number of carbonyl (C=O) groups is 3. The minimum atomic E-state index is -4.78. The number of hydrogen-bond donors (Lipinski definition) is 2. The molecule has 0 saturated heterocycles. The molecule has 0 aliphatic rings. The van der Waals surface area contributed by atoms with Crippen molar-refractivity contribution in [1.29, 1.82) is 0 Å². The number of phosphoric acid groups is 1. The summed E-state index contributed by atoms with van der Waals surface area (Å²) in [5.41, 5.74) is 0. The minimum Gasteiger partial charge on any atom is -0.462 e. The molecule has 12 heteroatoms. The summed E-state index contributed by atoms with van der Waals surface area (Å²) in [5.74, 6) is -1.65. The first-order valence-electron chi connectivity index (χ1n) is 26.1. The molecule has 0 amide bonds. The Bertz CT molecular complexity index is 1510. The van der Waals surface area contributed by atoms with E-state index in [-0.39, 0.29) is 25.9 Å². The topological polar surface area (TPSA) is 155 Å². The van der Waals surface area contributed by atoms with Crippen LogP contribution in [0, 0.1) is 0 Å². The highest BCUT2D eigenvalue weighted by Gasteiger charge is 2.28. The first-order chi connectivity index (χ1) is 33.2. The first kappa shape index (κ1) is 64.4. The average Bonchev–Trinajstić information content (AvgIpc) is 3.32. The highest BCUT2D eigenvalue weighted by Crippen LogP contribution is 2.43. The van der Waals surface area contributed by atoms with Crippen LogP contribution in [0.3, 0.4) is 0 Å². The summed E-state index contributed by atoms with van der Waals surface area (Å²) in [4.78, 5) is 48.2. The van der Waals surface area contributed by atoms with Crippen LogP contribution in [0.4, 0.5) is 0 Å². The van der Waals surface area contributed by atoms with E-state index in [1.807, 2.05) is 18.2 Å². The Morgan fingerprint density at radius 3 is 1.29 bits per heavy atom. The zero-order chi connectivity index (χ0) is 49.9. The van der Waals surface area contributed by atoms with Crippen molar-refractivity contribution in [1.82, 2.24) is 0 Å². The van der Waals surface area contributed by atoms with Gasteiger partial charge in [-0.15, -0.1) is 0 Å². The largest absolute Gasteiger partial charge is 0.472 e. The van der Waals surface area contributed by atoms with Gasteiger partial charge in [0, 0.05) is 12.8 Å². The van der Waals surface area contributed by atoms with Crippen LogP contribution in [-0.4, -0.2) is 66.5 Å². The lowest BCUT2D eigenvalue weighted by Gasteiger charge is -2.21. The third-order valence-corrected chi connectivity index (χ3v) is 11.5. The Labute approximate surface area is 412 Å². The number of rotatable bonds is 47. The highest BCUT2D eigenvalue weighted by atomic mass is 31.2. The van der Waals surface area contributed by atoms with Gasteiger partial charge in [-0.2, -0.15) is 0 Å². The van der Waals surface area contributed by atoms with Gasteiger partial charge in [0.05, 0.1) is 26.2 Å². The number of aliphatic hydroxyl groups excluding tert-OH is 1. The van der Waals surface area contributed by atoms with Crippen LogP contribution in [-0.2, 0) is 42.2 Å². The summed E-state index contributed by atoms with van der Waals surface area (Å²) in [5, 5.41) is 9.77. The SMILES string of the molecule is CC/C=C\C/C=C\C/C=C\C/C=C\C/C=C\CC(=O)OC(COC(=O)CCCCCCCCCCCCCCC)COP(=O)(O)OCC(CO)OC(=O)CCCCC/C=C\C/C=C\C/C=C\CC. The maximum atomic E-state index is 12.8. The molecule has 0 saturated carbocycles. The average molecular weight is 973 g/mol. The van der Waals surface area contributed by atoms with Crippen molar-refractivity contribution in [3.63, 3.8) is 0 Å². The van der Waals surface area contributed by atoms with E-state index < -0.39 is 57.8 Å². The summed E-state index contributed by atoms with van der Waals surface area (Å²) in [7, 11) is -4.78. The molecule has 11 nitrogen and oxygen atoms in total. The molecule has 2 N–H and O–H groups in total. The van der Waals surface area contributed by atoms with Crippen LogP contribution in [0.15, 0.2) is 97.2 Å². The van der Waals surface area contributed by atoms with Gasteiger partial charge < -0.3 is 24.2 Å². The van der Waals surface area contributed by atoms with Crippen LogP contribution >= 0.6 is 7.82 Å². The molecular weight excluding hydrogens is 880 g/mol. The smallest absolute Gasteiger partial charge is 0.462 e. The molecule has 0 radical (unpaired) electrons. The van der Waals surface area contributed by atoms with E-state index in [2.05, 4.69) is 93.7 Å². The third-order valence-electron chi connectivity index (χ3n) is 10.5.